The predicted molar refractivity (Wildman–Crippen MR) is 60.2 cm³/mol. The second-order valence-electron chi connectivity index (χ2n) is 3.66. The van der Waals surface area contributed by atoms with E-state index in [1.807, 2.05) is 6.07 Å². The van der Waals surface area contributed by atoms with Crippen LogP contribution in [0.15, 0.2) is 6.07 Å². The van der Waals surface area contributed by atoms with E-state index in [1.165, 1.54) is 11.5 Å². The summed E-state index contributed by atoms with van der Waals surface area (Å²) in [4.78, 5) is 0. The van der Waals surface area contributed by atoms with Gasteiger partial charge in [0.15, 0.2) is 0 Å². The number of aromatic nitrogens is 1. The molecule has 84 valence electrons. The van der Waals surface area contributed by atoms with Crippen LogP contribution in [-0.2, 0) is 9.47 Å². The zero-order valence-corrected chi connectivity index (χ0v) is 9.47. The molecule has 2 rings (SSSR count). The van der Waals surface area contributed by atoms with Crippen molar-refractivity contribution in [1.82, 2.24) is 4.37 Å². The van der Waals surface area contributed by atoms with Crippen LogP contribution in [0.2, 0.25) is 0 Å². The van der Waals surface area contributed by atoms with Gasteiger partial charge in [-0.1, -0.05) is 0 Å². The number of methoxy groups -OCH3 is 1. The van der Waals surface area contributed by atoms with Crippen LogP contribution in [0.3, 0.4) is 0 Å². The van der Waals surface area contributed by atoms with Gasteiger partial charge in [0.05, 0.1) is 6.61 Å². The number of anilines is 2. The smallest absolute Gasteiger partial charge is 0.139 e. The highest BCUT2D eigenvalue weighted by Crippen LogP contribution is 2.25. The first-order chi connectivity index (χ1) is 7.24. The number of hydrogen-bond acceptors (Lipinski definition) is 6. The third-order valence-electron chi connectivity index (χ3n) is 2.61. The van der Waals surface area contributed by atoms with Crippen molar-refractivity contribution in [3.05, 3.63) is 6.07 Å². The Morgan fingerprint density at radius 2 is 2.67 bits per heavy atom. The Hall–Kier alpha value is -0.850. The summed E-state index contributed by atoms with van der Waals surface area (Å²) >= 11 is 1.36. The molecule has 1 aromatic rings. The number of nitrogens with zero attached hydrogens (tertiary/aromatic N) is 1. The second-order valence-corrected chi connectivity index (χ2v) is 4.46. The molecule has 0 amide bonds. The molecular formula is C9H15N3O2S. The number of hydrogen-bond donors (Lipinski definition) is 2. The average Bonchev–Trinajstić information content (AvgIpc) is 2.85. The van der Waals surface area contributed by atoms with Crippen LogP contribution < -0.4 is 11.1 Å². The van der Waals surface area contributed by atoms with Gasteiger partial charge in [-0.3, -0.25) is 0 Å². The molecule has 1 aliphatic heterocycles. The van der Waals surface area contributed by atoms with E-state index >= 15 is 0 Å². The Morgan fingerprint density at radius 3 is 3.20 bits per heavy atom. The van der Waals surface area contributed by atoms with Crippen LogP contribution in [0.4, 0.5) is 10.8 Å². The third kappa shape index (κ3) is 2.39. The van der Waals surface area contributed by atoms with E-state index in [0.29, 0.717) is 12.4 Å². The molecule has 1 aromatic heterocycles. The molecule has 0 radical (unpaired) electrons. The summed E-state index contributed by atoms with van der Waals surface area (Å²) in [6.45, 7) is 2.14. The first-order valence-electron chi connectivity index (χ1n) is 4.83. The predicted octanol–water partition coefficient (Wildman–Crippen LogP) is 0.943. The first kappa shape index (κ1) is 10.7. The Kier molecular flexibility index (Phi) is 3.08. The number of rotatable bonds is 4. The molecule has 0 bridgehead atoms. The van der Waals surface area contributed by atoms with Crippen LogP contribution in [0.25, 0.3) is 0 Å². The fourth-order valence-corrected chi connectivity index (χ4v) is 2.15. The maximum absolute atomic E-state index is 5.53. The molecule has 2 heterocycles. The molecule has 15 heavy (non-hydrogen) atoms. The fraction of sp³-hybridized carbons (Fsp3) is 0.667. The molecule has 3 N–H and O–H groups in total. The van der Waals surface area contributed by atoms with Gasteiger partial charge >= 0.3 is 0 Å². The van der Waals surface area contributed by atoms with E-state index < -0.39 is 0 Å². The zero-order chi connectivity index (χ0) is 10.7. The van der Waals surface area contributed by atoms with Gasteiger partial charge < -0.3 is 20.5 Å². The van der Waals surface area contributed by atoms with Crippen molar-refractivity contribution in [3.8, 4) is 0 Å². The number of nitrogen functional groups attached to an aromatic ring is 1. The molecule has 1 fully saturated rings. The highest BCUT2D eigenvalue weighted by molar-refractivity contribution is 7.10. The van der Waals surface area contributed by atoms with Crippen molar-refractivity contribution in [2.24, 2.45) is 0 Å². The molecular weight excluding hydrogens is 214 g/mol. The van der Waals surface area contributed by atoms with Crippen molar-refractivity contribution in [3.63, 3.8) is 0 Å². The zero-order valence-electron chi connectivity index (χ0n) is 8.66. The van der Waals surface area contributed by atoms with E-state index in [9.17, 15) is 0 Å². The highest BCUT2D eigenvalue weighted by Gasteiger charge is 2.34. The number of nitrogens with two attached hydrogens (primary N) is 1. The van der Waals surface area contributed by atoms with Crippen LogP contribution in [0, 0.1) is 0 Å². The van der Waals surface area contributed by atoms with Gasteiger partial charge in [0, 0.05) is 32.7 Å². The lowest BCUT2D eigenvalue weighted by Crippen LogP contribution is -2.39. The van der Waals surface area contributed by atoms with Gasteiger partial charge in [-0.25, -0.2) is 0 Å². The molecule has 1 aliphatic rings. The number of ether oxygens (including phenoxy) is 2. The highest BCUT2D eigenvalue weighted by atomic mass is 32.1. The monoisotopic (exact) mass is 229 g/mol. The van der Waals surface area contributed by atoms with E-state index in [4.69, 9.17) is 15.2 Å². The molecule has 0 spiro atoms. The Morgan fingerprint density at radius 1 is 1.80 bits per heavy atom. The summed E-state index contributed by atoms with van der Waals surface area (Å²) in [5, 5.41) is 4.24. The normalized spacial score (nSPS) is 25.7. The Bertz CT molecular complexity index is 323. The maximum Gasteiger partial charge on any atom is 0.139 e. The molecule has 0 saturated carbocycles. The summed E-state index contributed by atoms with van der Waals surface area (Å²) in [5.74, 6) is 0.552. The van der Waals surface area contributed by atoms with Crippen molar-refractivity contribution in [2.45, 2.75) is 12.0 Å². The molecule has 1 saturated heterocycles. The van der Waals surface area contributed by atoms with E-state index in [2.05, 4.69) is 9.69 Å². The summed E-state index contributed by atoms with van der Waals surface area (Å²) < 4.78 is 14.8. The summed E-state index contributed by atoms with van der Waals surface area (Å²) in [6, 6.07) is 1.82. The Labute approximate surface area is 92.7 Å². The van der Waals surface area contributed by atoms with Crippen LogP contribution >= 0.6 is 11.5 Å². The minimum Gasteiger partial charge on any atom is -0.383 e. The third-order valence-corrected chi connectivity index (χ3v) is 3.37. The lowest BCUT2D eigenvalue weighted by atomic mass is 10.0. The molecule has 0 aliphatic carbocycles. The van der Waals surface area contributed by atoms with E-state index in [0.717, 1.165) is 24.6 Å². The van der Waals surface area contributed by atoms with Crippen LogP contribution in [0.1, 0.15) is 6.42 Å². The first-order valence-corrected chi connectivity index (χ1v) is 5.60. The van der Waals surface area contributed by atoms with Gasteiger partial charge in [-0.15, -0.1) is 0 Å². The van der Waals surface area contributed by atoms with E-state index in [1.54, 1.807) is 7.11 Å². The fourth-order valence-electron chi connectivity index (χ4n) is 1.58. The van der Waals surface area contributed by atoms with Crippen LogP contribution in [-0.4, -0.2) is 36.8 Å². The molecule has 6 heteroatoms. The summed E-state index contributed by atoms with van der Waals surface area (Å²) in [6.07, 6.45) is 0.921. The lowest BCUT2D eigenvalue weighted by molar-refractivity contribution is -0.00615. The average molecular weight is 229 g/mol. The molecule has 1 atom stereocenters. The minimum atomic E-state index is -0.196. The maximum atomic E-state index is 5.53. The molecule has 1 unspecified atom stereocenters. The quantitative estimate of drug-likeness (QED) is 0.804. The largest absolute Gasteiger partial charge is 0.383 e. The minimum absolute atomic E-state index is 0.196. The van der Waals surface area contributed by atoms with E-state index in [-0.39, 0.29) is 5.60 Å². The standard InChI is InChI=1S/C9H15N3O2S/c1-13-9(2-3-14-6-9)5-11-8-4-7(10)12-15-8/h4,11H,2-3,5-6H2,1H3,(H2,10,12). The molecule has 5 nitrogen and oxygen atoms in total. The topological polar surface area (TPSA) is 69.4 Å². The van der Waals surface area contributed by atoms with Gasteiger partial charge in [0.25, 0.3) is 0 Å². The summed E-state index contributed by atoms with van der Waals surface area (Å²) in [7, 11) is 1.72. The van der Waals surface area contributed by atoms with Crippen molar-refractivity contribution in [1.29, 1.82) is 0 Å². The van der Waals surface area contributed by atoms with Crippen molar-refractivity contribution >= 4 is 22.4 Å². The Balaban J connectivity index is 1.91. The SMILES string of the molecule is COC1(CNc2cc(N)ns2)CCOC1. The van der Waals surface area contributed by atoms with Crippen molar-refractivity contribution < 1.29 is 9.47 Å². The van der Waals surface area contributed by atoms with Gasteiger partial charge in [0.2, 0.25) is 0 Å². The second kappa shape index (κ2) is 4.34. The van der Waals surface area contributed by atoms with Gasteiger partial charge in [-0.05, 0) is 11.5 Å². The van der Waals surface area contributed by atoms with Crippen molar-refractivity contribution in [2.75, 3.05) is 37.9 Å². The number of nitrogens with one attached hydrogen (secondary N) is 1. The van der Waals surface area contributed by atoms with Gasteiger partial charge in [-0.2, -0.15) is 4.37 Å². The molecule has 0 aromatic carbocycles. The lowest BCUT2D eigenvalue weighted by Gasteiger charge is -2.25. The summed E-state index contributed by atoms with van der Waals surface area (Å²) in [5.41, 5.74) is 5.34. The van der Waals surface area contributed by atoms with Gasteiger partial charge in [0.1, 0.15) is 16.4 Å². The van der Waals surface area contributed by atoms with Crippen LogP contribution in [0.5, 0.6) is 0 Å².